The summed E-state index contributed by atoms with van der Waals surface area (Å²) in [5, 5.41) is 14.4. The van der Waals surface area contributed by atoms with Gasteiger partial charge < -0.3 is 14.2 Å². The quantitative estimate of drug-likeness (QED) is 0.0685. The lowest BCUT2D eigenvalue weighted by molar-refractivity contribution is -0.384. The molecule has 0 spiro atoms. The Hall–Kier alpha value is -4.05. The van der Waals surface area contributed by atoms with E-state index in [2.05, 4.69) is 5.32 Å². The SMILES string of the molecule is CCOC(=O)[C@H](Cc1ccc(OCCCNC2(S(=O)(=O)c3ccc([N+](=O)[O-])cc3)C3CN(Cc4cc(F)c(F)cc4F)C[C@H]32)cc1)OCC. The Morgan fingerprint density at radius 2 is 1.65 bits per heavy atom. The van der Waals surface area contributed by atoms with Crippen LogP contribution in [0.4, 0.5) is 18.9 Å². The van der Waals surface area contributed by atoms with Crippen LogP contribution in [0.5, 0.6) is 5.75 Å². The summed E-state index contributed by atoms with van der Waals surface area (Å²) >= 11 is 0. The van der Waals surface area contributed by atoms with Crippen LogP contribution in [0.2, 0.25) is 0 Å². The molecule has 5 rings (SSSR count). The van der Waals surface area contributed by atoms with Crippen molar-refractivity contribution in [1.82, 2.24) is 10.2 Å². The summed E-state index contributed by atoms with van der Waals surface area (Å²) in [4.78, 5) is 23.1. The van der Waals surface area contributed by atoms with Crippen LogP contribution in [0, 0.1) is 39.4 Å². The van der Waals surface area contributed by atoms with E-state index in [1.807, 2.05) is 12.1 Å². The Kier molecular flexibility index (Phi) is 11.3. The summed E-state index contributed by atoms with van der Waals surface area (Å²) < 4.78 is 86.2. The lowest BCUT2D eigenvalue weighted by atomic mass is 10.1. The van der Waals surface area contributed by atoms with Gasteiger partial charge in [-0.25, -0.2) is 26.4 Å². The number of nitrogens with one attached hydrogen (secondary N) is 1. The van der Waals surface area contributed by atoms with Crippen LogP contribution in [0.3, 0.4) is 0 Å². The number of carbonyl (C=O) groups is 1. The van der Waals surface area contributed by atoms with Gasteiger partial charge >= 0.3 is 5.97 Å². The molecule has 0 bridgehead atoms. The predicted molar refractivity (Wildman–Crippen MR) is 172 cm³/mol. The summed E-state index contributed by atoms with van der Waals surface area (Å²) in [5.74, 6) is -3.97. The van der Waals surface area contributed by atoms with Crippen molar-refractivity contribution in [3.63, 3.8) is 0 Å². The molecule has 0 amide bonds. The zero-order chi connectivity index (χ0) is 35.3. The second-order valence-electron chi connectivity index (χ2n) is 12.0. The van der Waals surface area contributed by atoms with Crippen molar-refractivity contribution in [2.24, 2.45) is 11.8 Å². The first-order chi connectivity index (χ1) is 23.4. The van der Waals surface area contributed by atoms with E-state index >= 15 is 0 Å². The van der Waals surface area contributed by atoms with Crippen LogP contribution in [0.1, 0.15) is 31.4 Å². The maximum Gasteiger partial charge on any atom is 0.335 e. The smallest absolute Gasteiger partial charge is 0.335 e. The molecule has 3 aromatic carbocycles. The lowest BCUT2D eigenvalue weighted by Gasteiger charge is -2.28. The molecular weight excluding hydrogens is 667 g/mol. The van der Waals surface area contributed by atoms with E-state index in [1.165, 1.54) is 12.1 Å². The number of ether oxygens (including phenoxy) is 3. The van der Waals surface area contributed by atoms with Gasteiger partial charge in [0.05, 0.1) is 23.0 Å². The topological polar surface area (TPSA) is 137 Å². The predicted octanol–water partition coefficient (Wildman–Crippen LogP) is 4.81. The molecule has 0 radical (unpaired) electrons. The summed E-state index contributed by atoms with van der Waals surface area (Å²) in [6.45, 7) is 5.18. The van der Waals surface area contributed by atoms with Gasteiger partial charge in [-0.3, -0.25) is 20.3 Å². The number of sulfone groups is 1. The van der Waals surface area contributed by atoms with Crippen molar-refractivity contribution in [2.45, 2.75) is 49.1 Å². The van der Waals surface area contributed by atoms with Crippen LogP contribution in [-0.4, -0.2) is 74.6 Å². The van der Waals surface area contributed by atoms with Crippen LogP contribution in [0.15, 0.2) is 65.6 Å². The Morgan fingerprint density at radius 1 is 1.00 bits per heavy atom. The Balaban J connectivity index is 1.21. The molecule has 2 aliphatic rings. The first-order valence-corrected chi connectivity index (χ1v) is 17.5. The number of esters is 1. The molecule has 1 aliphatic carbocycles. The molecule has 11 nitrogen and oxygen atoms in total. The zero-order valence-electron chi connectivity index (χ0n) is 27.1. The average Bonchev–Trinajstić information content (AvgIpc) is 3.45. The van der Waals surface area contributed by atoms with Gasteiger partial charge in [-0.2, -0.15) is 0 Å². The second kappa shape index (κ2) is 15.2. The number of hydrogen-bond acceptors (Lipinski definition) is 10. The van der Waals surface area contributed by atoms with Crippen molar-refractivity contribution in [3.8, 4) is 5.75 Å². The molecule has 15 heteroatoms. The Morgan fingerprint density at radius 3 is 2.27 bits per heavy atom. The van der Waals surface area contributed by atoms with Gasteiger partial charge in [0.25, 0.3) is 5.69 Å². The summed E-state index contributed by atoms with van der Waals surface area (Å²) in [6.07, 6.45) is 0.0774. The van der Waals surface area contributed by atoms with E-state index in [0.29, 0.717) is 31.3 Å². The van der Waals surface area contributed by atoms with E-state index in [4.69, 9.17) is 14.2 Å². The summed E-state index contributed by atoms with van der Waals surface area (Å²) in [7, 11) is -4.04. The maximum absolute atomic E-state index is 14.3. The van der Waals surface area contributed by atoms with Crippen molar-refractivity contribution < 1.29 is 45.5 Å². The number of carbonyl (C=O) groups excluding carboxylic acids is 1. The molecule has 4 atom stereocenters. The van der Waals surface area contributed by atoms with Gasteiger partial charge in [0.15, 0.2) is 27.6 Å². The van der Waals surface area contributed by atoms with Crippen molar-refractivity contribution in [2.75, 3.05) is 39.5 Å². The van der Waals surface area contributed by atoms with Crippen LogP contribution in [-0.2, 0) is 37.1 Å². The van der Waals surface area contributed by atoms with E-state index in [0.717, 1.165) is 23.8 Å². The Bertz CT molecular complexity index is 1750. The molecule has 264 valence electrons. The minimum Gasteiger partial charge on any atom is -0.494 e. The fraction of sp³-hybridized carbons (Fsp3) is 0.441. The molecule has 1 saturated heterocycles. The zero-order valence-corrected chi connectivity index (χ0v) is 27.9. The number of nitro groups is 1. The number of rotatable bonds is 17. The molecule has 1 saturated carbocycles. The highest BCUT2D eigenvalue weighted by molar-refractivity contribution is 7.93. The first-order valence-electron chi connectivity index (χ1n) is 16.0. The highest BCUT2D eigenvalue weighted by Crippen LogP contribution is 2.60. The number of halogens is 3. The van der Waals surface area contributed by atoms with Gasteiger partial charge in [-0.05, 0) is 62.7 Å². The molecule has 1 N–H and O–H groups in total. The number of hydrogen-bond donors (Lipinski definition) is 1. The first kappa shape index (κ1) is 36.2. The van der Waals surface area contributed by atoms with E-state index in [9.17, 15) is 36.5 Å². The fourth-order valence-electron chi connectivity index (χ4n) is 6.55. The average molecular weight is 706 g/mol. The number of nitrogens with zero attached hydrogens (tertiary/aromatic N) is 2. The molecule has 1 heterocycles. The highest BCUT2D eigenvalue weighted by Gasteiger charge is 2.75. The summed E-state index contributed by atoms with van der Waals surface area (Å²) in [6, 6.07) is 13.2. The third-order valence-electron chi connectivity index (χ3n) is 8.93. The molecule has 0 aromatic heterocycles. The molecule has 2 unspecified atom stereocenters. The number of benzene rings is 3. The van der Waals surface area contributed by atoms with Gasteiger partial charge in [0.1, 0.15) is 16.4 Å². The molecule has 2 fully saturated rings. The van der Waals surface area contributed by atoms with Crippen molar-refractivity contribution >= 4 is 21.5 Å². The van der Waals surface area contributed by atoms with Gasteiger partial charge in [0.2, 0.25) is 0 Å². The fourth-order valence-corrected chi connectivity index (χ4v) is 8.93. The molecule has 49 heavy (non-hydrogen) atoms. The molecule has 3 aromatic rings. The third kappa shape index (κ3) is 7.74. The number of likely N-dealkylation sites (tertiary alicyclic amines) is 1. The molecular formula is C34H38F3N3O8S. The number of piperidine rings is 1. The minimum atomic E-state index is -4.04. The molecule has 1 aliphatic heterocycles. The van der Waals surface area contributed by atoms with Gasteiger partial charge in [0, 0.05) is 68.3 Å². The minimum absolute atomic E-state index is 0.0224. The van der Waals surface area contributed by atoms with E-state index < -0.39 is 61.0 Å². The number of non-ortho nitro benzene ring substituents is 1. The highest BCUT2D eigenvalue weighted by atomic mass is 32.2. The van der Waals surface area contributed by atoms with E-state index in [1.54, 1.807) is 30.9 Å². The van der Waals surface area contributed by atoms with Crippen molar-refractivity contribution in [1.29, 1.82) is 0 Å². The lowest BCUT2D eigenvalue weighted by Crippen LogP contribution is -2.48. The Labute approximate surface area is 282 Å². The number of nitro benzene ring substituents is 1. The van der Waals surface area contributed by atoms with Crippen molar-refractivity contribution in [3.05, 3.63) is 99.4 Å². The monoisotopic (exact) mass is 705 g/mol. The maximum atomic E-state index is 14.3. The standard InChI is InChI=1S/C34H38F3N3O8S/c1-3-46-32(33(41)47-4-2)16-22-6-10-25(11-7-22)48-15-5-14-38-34(49(44,45)26-12-8-24(9-13-26)40(42)43)27-20-39(21-28(27)34)19-23-17-30(36)31(37)18-29(23)35/h6-13,17-18,27-28,32,38H,3-5,14-16,19-21H2,1-2H3/t27-,28?,32+,34?/m1/s1. The van der Waals surface area contributed by atoms with Crippen LogP contribution >= 0.6 is 0 Å². The number of fused-ring (bicyclic) bond motifs is 1. The van der Waals surface area contributed by atoms with Gasteiger partial charge in [-0.15, -0.1) is 0 Å². The summed E-state index contributed by atoms with van der Waals surface area (Å²) in [5.41, 5.74) is 0.589. The largest absolute Gasteiger partial charge is 0.494 e. The second-order valence-corrected chi connectivity index (χ2v) is 14.1. The van der Waals surface area contributed by atoms with E-state index in [-0.39, 0.29) is 55.5 Å². The third-order valence-corrected chi connectivity index (χ3v) is 11.5. The van der Waals surface area contributed by atoms with Crippen LogP contribution in [0.25, 0.3) is 0 Å². The normalized spacial score (nSPS) is 20.8. The van der Waals surface area contributed by atoms with Gasteiger partial charge in [-0.1, -0.05) is 12.1 Å². The van der Waals surface area contributed by atoms with Crippen LogP contribution < -0.4 is 10.1 Å².